The maximum atomic E-state index is 9.65. The number of ether oxygens (including phenoxy) is 1. The molecule has 18 heavy (non-hydrogen) atoms. The predicted octanol–water partition coefficient (Wildman–Crippen LogP) is -2.30. The molecule has 2 rings (SSSR count). The molecule has 1 unspecified atom stereocenters. The molecular weight excluding hydrogens is 264 g/mol. The molecule has 2 heterocycles. The number of aliphatic hydroxyl groups excluding tert-OH is 3. The third-order valence-electron chi connectivity index (χ3n) is 2.45. The molecule has 0 aromatic rings. The summed E-state index contributed by atoms with van der Waals surface area (Å²) in [5.74, 6) is 0. The minimum Gasteiger partial charge on any atom is -0.394 e. The lowest BCUT2D eigenvalue weighted by molar-refractivity contribution is -0.297. The second-order valence-corrected chi connectivity index (χ2v) is 4.51. The van der Waals surface area contributed by atoms with Crippen molar-refractivity contribution in [3.63, 3.8) is 0 Å². The lowest BCUT2D eigenvalue weighted by Gasteiger charge is -2.24. The van der Waals surface area contributed by atoms with Crippen LogP contribution in [0, 0.1) is 11.5 Å². The highest BCUT2D eigenvalue weighted by atomic mass is 32.2. The topological polar surface area (TPSA) is 131 Å². The van der Waals surface area contributed by atoms with Gasteiger partial charge in [0.1, 0.15) is 18.3 Å². The Hall–Kier alpha value is -1.09. The van der Waals surface area contributed by atoms with Gasteiger partial charge in [-0.1, -0.05) is 11.8 Å². The number of hydrogen-bond donors (Lipinski definition) is 4. The highest BCUT2D eigenvalue weighted by Gasteiger charge is 2.45. The summed E-state index contributed by atoms with van der Waals surface area (Å²) in [5.41, 5.74) is 0.896. The van der Waals surface area contributed by atoms with Crippen LogP contribution in [0.3, 0.4) is 0 Å². The fourth-order valence-corrected chi connectivity index (χ4v) is 2.12. The van der Waals surface area contributed by atoms with E-state index in [1.807, 2.05) is 0 Å². The zero-order valence-electron chi connectivity index (χ0n) is 9.08. The van der Waals surface area contributed by atoms with Crippen molar-refractivity contribution in [1.29, 1.82) is 5.26 Å². The normalized spacial score (nSPS) is 39.0. The van der Waals surface area contributed by atoms with Crippen molar-refractivity contribution in [2.45, 2.75) is 30.1 Å². The van der Waals surface area contributed by atoms with Gasteiger partial charge in [0, 0.05) is 0 Å². The van der Waals surface area contributed by atoms with Gasteiger partial charge in [-0.25, -0.2) is 4.84 Å². The van der Waals surface area contributed by atoms with Gasteiger partial charge in [-0.2, -0.15) is 5.26 Å². The molecule has 100 valence electrons. The van der Waals surface area contributed by atoms with Crippen LogP contribution in [0.4, 0.5) is 0 Å². The largest absolute Gasteiger partial charge is 0.394 e. The maximum Gasteiger partial charge on any atom is 0.215 e. The summed E-state index contributed by atoms with van der Waals surface area (Å²) >= 11 is 1.19. The molecule has 9 nitrogen and oxygen atoms in total. The average Bonchev–Trinajstić information content (AvgIpc) is 2.90. The van der Waals surface area contributed by atoms with Crippen LogP contribution in [0.2, 0.25) is 0 Å². The van der Waals surface area contributed by atoms with Crippen LogP contribution < -0.4 is 5.32 Å². The SMILES string of the molecule is N#CNC1SC=NN1O[C@@H]1O[C@H](CO)[C@@H](O)[C@H]1O. The minimum absolute atomic E-state index is 0.435. The summed E-state index contributed by atoms with van der Waals surface area (Å²) in [6.07, 6.45) is -2.86. The molecule has 10 heteroatoms. The Morgan fingerprint density at radius 3 is 2.94 bits per heavy atom. The quantitative estimate of drug-likeness (QED) is 0.331. The van der Waals surface area contributed by atoms with Crippen molar-refractivity contribution in [1.82, 2.24) is 10.5 Å². The van der Waals surface area contributed by atoms with Gasteiger partial charge in [0.05, 0.1) is 12.2 Å². The first-order chi connectivity index (χ1) is 8.67. The smallest absolute Gasteiger partial charge is 0.215 e. The van der Waals surface area contributed by atoms with Crippen LogP contribution in [0.25, 0.3) is 0 Å². The van der Waals surface area contributed by atoms with E-state index in [-0.39, 0.29) is 0 Å². The molecule has 0 aromatic carbocycles. The Morgan fingerprint density at radius 1 is 1.56 bits per heavy atom. The van der Waals surface area contributed by atoms with E-state index < -0.39 is 36.7 Å². The van der Waals surface area contributed by atoms with Crippen LogP contribution in [0.1, 0.15) is 0 Å². The Labute approximate surface area is 107 Å². The van der Waals surface area contributed by atoms with Crippen molar-refractivity contribution in [3.05, 3.63) is 0 Å². The standard InChI is InChI=1S/C8H12N4O5S/c9-2-10-8-12(11-3-18-8)17-7-6(15)5(14)4(1-13)16-7/h3-8,10,13-15H,1H2/t4-,5-,6-,7+,8?/m1/s1. The molecule has 1 saturated heterocycles. The zero-order valence-corrected chi connectivity index (χ0v) is 9.90. The van der Waals surface area contributed by atoms with E-state index in [0.717, 1.165) is 5.17 Å². The number of nitrogens with zero attached hydrogens (tertiary/aromatic N) is 3. The van der Waals surface area contributed by atoms with Crippen molar-refractivity contribution in [3.8, 4) is 6.19 Å². The van der Waals surface area contributed by atoms with E-state index in [9.17, 15) is 10.2 Å². The highest BCUT2D eigenvalue weighted by Crippen LogP contribution is 2.26. The zero-order chi connectivity index (χ0) is 13.1. The first-order valence-corrected chi connectivity index (χ1v) is 6.02. The summed E-state index contributed by atoms with van der Waals surface area (Å²) in [6.45, 7) is -0.435. The summed E-state index contributed by atoms with van der Waals surface area (Å²) in [5, 5.41) is 43.9. The first-order valence-electron chi connectivity index (χ1n) is 5.08. The van der Waals surface area contributed by atoms with Crippen molar-refractivity contribution in [2.75, 3.05) is 6.61 Å². The lowest BCUT2D eigenvalue weighted by Crippen LogP contribution is -2.41. The van der Waals surface area contributed by atoms with E-state index in [2.05, 4.69) is 10.4 Å². The van der Waals surface area contributed by atoms with E-state index in [1.165, 1.54) is 17.3 Å². The van der Waals surface area contributed by atoms with Crippen molar-refractivity contribution >= 4 is 17.3 Å². The number of nitriles is 1. The fraction of sp³-hybridized carbons (Fsp3) is 0.750. The van der Waals surface area contributed by atoms with Gasteiger partial charge in [0.2, 0.25) is 11.8 Å². The summed E-state index contributed by atoms with van der Waals surface area (Å²) < 4.78 is 5.12. The van der Waals surface area contributed by atoms with Crippen LogP contribution in [0.5, 0.6) is 0 Å². The second-order valence-electron chi connectivity index (χ2n) is 3.58. The summed E-state index contributed by atoms with van der Waals surface area (Å²) in [6, 6.07) is 0. The second kappa shape index (κ2) is 5.70. The average molecular weight is 276 g/mol. The van der Waals surface area contributed by atoms with Crippen LogP contribution >= 0.6 is 11.8 Å². The van der Waals surface area contributed by atoms with E-state index in [1.54, 1.807) is 6.19 Å². The van der Waals surface area contributed by atoms with Gasteiger partial charge in [0.15, 0.2) is 6.19 Å². The van der Waals surface area contributed by atoms with Gasteiger partial charge in [-0.05, 0) is 0 Å². The Morgan fingerprint density at radius 2 is 2.33 bits per heavy atom. The van der Waals surface area contributed by atoms with Crippen molar-refractivity contribution < 1.29 is 24.9 Å². The fourth-order valence-electron chi connectivity index (χ4n) is 1.53. The number of rotatable bonds is 4. The molecule has 0 radical (unpaired) electrons. The molecule has 2 aliphatic rings. The molecule has 5 atom stereocenters. The maximum absolute atomic E-state index is 9.65. The van der Waals surface area contributed by atoms with Crippen LogP contribution in [-0.4, -0.2) is 62.7 Å². The number of aliphatic hydroxyl groups is 3. The number of hydrogen-bond acceptors (Lipinski definition) is 10. The molecule has 0 bridgehead atoms. The number of nitrogens with one attached hydrogen (secondary N) is 1. The number of hydroxylamine groups is 1. The van der Waals surface area contributed by atoms with Crippen LogP contribution in [0.15, 0.2) is 5.10 Å². The summed E-state index contributed by atoms with van der Waals surface area (Å²) in [7, 11) is 0. The molecule has 0 aliphatic carbocycles. The van der Waals surface area contributed by atoms with E-state index >= 15 is 0 Å². The molecule has 4 N–H and O–H groups in total. The number of thioether (sulfide) groups is 1. The minimum atomic E-state index is -1.30. The van der Waals surface area contributed by atoms with E-state index in [0.29, 0.717) is 0 Å². The van der Waals surface area contributed by atoms with Gasteiger partial charge in [-0.3, -0.25) is 5.32 Å². The molecular formula is C8H12N4O5S. The van der Waals surface area contributed by atoms with Gasteiger partial charge >= 0.3 is 0 Å². The Bertz CT molecular complexity index is 364. The third kappa shape index (κ3) is 2.51. The van der Waals surface area contributed by atoms with Gasteiger partial charge in [0.25, 0.3) is 0 Å². The highest BCUT2D eigenvalue weighted by molar-refractivity contribution is 8.12. The van der Waals surface area contributed by atoms with Crippen molar-refractivity contribution in [2.24, 2.45) is 5.10 Å². The predicted molar refractivity (Wildman–Crippen MR) is 59.3 cm³/mol. The van der Waals surface area contributed by atoms with Gasteiger partial charge < -0.3 is 20.1 Å². The number of hydrazone groups is 1. The lowest BCUT2D eigenvalue weighted by atomic mass is 10.1. The van der Waals surface area contributed by atoms with Crippen LogP contribution in [-0.2, 0) is 9.57 Å². The Kier molecular flexibility index (Phi) is 4.23. The molecule has 0 saturated carbocycles. The Balaban J connectivity index is 1.94. The monoisotopic (exact) mass is 276 g/mol. The molecule has 2 aliphatic heterocycles. The summed E-state index contributed by atoms with van der Waals surface area (Å²) in [4.78, 5) is 5.21. The molecule has 0 aromatic heterocycles. The molecule has 0 amide bonds. The van der Waals surface area contributed by atoms with E-state index in [4.69, 9.17) is 19.9 Å². The first kappa shape index (κ1) is 13.3. The molecule has 1 fully saturated rings. The third-order valence-corrected chi connectivity index (χ3v) is 3.22. The van der Waals surface area contributed by atoms with Gasteiger partial charge in [-0.15, -0.1) is 10.3 Å². The molecule has 0 spiro atoms.